The quantitative estimate of drug-likeness (QED) is 0.469. The molecule has 0 radical (unpaired) electrons. The first-order valence-corrected chi connectivity index (χ1v) is 2.99. The summed E-state index contributed by atoms with van der Waals surface area (Å²) in [5.74, 6) is -0.286. The zero-order valence-electron chi connectivity index (χ0n) is 4.99. The fourth-order valence-corrected chi connectivity index (χ4v) is 0.734. The van der Waals surface area contributed by atoms with E-state index in [0.717, 1.165) is 5.46 Å². The molecule has 0 amide bonds. The Hall–Kier alpha value is -0.495. The zero-order chi connectivity index (χ0) is 6.85. The summed E-state index contributed by atoms with van der Waals surface area (Å²) < 4.78 is 12.3. The van der Waals surface area contributed by atoms with Gasteiger partial charge >= 0.3 is 0 Å². The lowest BCUT2D eigenvalue weighted by Gasteiger charge is -1.94. The molecule has 0 spiro atoms. The molecule has 9 heavy (non-hydrogen) atoms. The Bertz CT molecular complexity index is 224. The van der Waals surface area contributed by atoms with Crippen LogP contribution < -0.4 is 5.46 Å². The van der Waals surface area contributed by atoms with E-state index in [9.17, 15) is 4.39 Å². The maximum atomic E-state index is 12.3. The highest BCUT2D eigenvalue weighted by molar-refractivity contribution is 6.44. The minimum atomic E-state index is -0.286. The van der Waals surface area contributed by atoms with Gasteiger partial charge in [0.2, 0.25) is 0 Å². The van der Waals surface area contributed by atoms with Crippen molar-refractivity contribution in [2.24, 2.45) is 0 Å². The third-order valence-corrected chi connectivity index (χ3v) is 1.54. The van der Waals surface area contributed by atoms with Crippen molar-refractivity contribution in [3.8, 4) is 0 Å². The van der Waals surface area contributed by atoms with Crippen molar-refractivity contribution in [1.29, 1.82) is 0 Å². The maximum absolute atomic E-state index is 12.3. The van der Waals surface area contributed by atoms with Crippen LogP contribution in [0.3, 0.4) is 0 Å². The van der Waals surface area contributed by atoms with E-state index < -0.39 is 0 Å². The fourth-order valence-electron chi connectivity index (χ4n) is 0.567. The maximum Gasteiger partial charge on any atom is 0.141 e. The average Bonchev–Trinajstić information content (AvgIpc) is 1.80. The van der Waals surface area contributed by atoms with E-state index >= 15 is 0 Å². The van der Waals surface area contributed by atoms with Gasteiger partial charge in [0.25, 0.3) is 0 Å². The highest BCUT2D eigenvalue weighted by atomic mass is 35.5. The van der Waals surface area contributed by atoms with Crippen molar-refractivity contribution in [2.75, 3.05) is 0 Å². The second-order valence-electron chi connectivity index (χ2n) is 1.89. The topological polar surface area (TPSA) is 0 Å². The van der Waals surface area contributed by atoms with Gasteiger partial charge in [-0.3, -0.25) is 0 Å². The highest BCUT2D eigenvalue weighted by Crippen LogP contribution is 2.05. The Morgan fingerprint density at radius 2 is 2.11 bits per heavy atom. The van der Waals surface area contributed by atoms with Gasteiger partial charge in [0.15, 0.2) is 0 Å². The largest absolute Gasteiger partial charge is 0.207 e. The van der Waals surface area contributed by atoms with Gasteiger partial charge in [0.05, 0.1) is 0 Å². The fraction of sp³-hybridized carbons (Fsp3) is 0. The lowest BCUT2D eigenvalue weighted by molar-refractivity contribution is 0.628. The highest BCUT2D eigenvalue weighted by Gasteiger charge is 1.93. The molecule has 0 aliphatic carbocycles. The van der Waals surface area contributed by atoms with Crippen molar-refractivity contribution in [1.82, 2.24) is 0 Å². The molecule has 0 aliphatic rings. The minimum Gasteiger partial charge on any atom is -0.207 e. The van der Waals surface area contributed by atoms with Gasteiger partial charge in [-0.1, -0.05) is 23.1 Å². The molecule has 0 N–H and O–H groups in total. The van der Waals surface area contributed by atoms with Crippen LogP contribution >= 0.6 is 11.6 Å². The first-order valence-electron chi connectivity index (χ1n) is 2.62. The second-order valence-corrected chi connectivity index (χ2v) is 2.30. The Morgan fingerprint density at radius 1 is 1.44 bits per heavy atom. The van der Waals surface area contributed by atoms with Gasteiger partial charge in [-0.25, -0.2) is 4.39 Å². The Balaban J connectivity index is 3.17. The van der Waals surface area contributed by atoms with Crippen LogP contribution in [0.5, 0.6) is 0 Å². The molecule has 46 valence electrons. The molecule has 0 aromatic heterocycles. The Morgan fingerprint density at radius 3 is 2.56 bits per heavy atom. The van der Waals surface area contributed by atoms with Crippen LogP contribution in [0.25, 0.3) is 0 Å². The molecule has 1 aromatic rings. The molecular weight excluding hydrogens is 137 g/mol. The minimum absolute atomic E-state index is 0.286. The van der Waals surface area contributed by atoms with E-state index in [1.165, 1.54) is 12.1 Å². The summed E-state index contributed by atoms with van der Waals surface area (Å²) >= 11 is 5.57. The smallest absolute Gasteiger partial charge is 0.141 e. The van der Waals surface area contributed by atoms with E-state index in [4.69, 9.17) is 11.6 Å². The summed E-state index contributed by atoms with van der Waals surface area (Å²) in [6, 6.07) is 4.34. The summed E-state index contributed by atoms with van der Waals surface area (Å²) in [7, 11) is 1.84. The molecule has 0 saturated carbocycles. The lowest BCUT2D eigenvalue weighted by atomic mass is 9.96. The third kappa shape index (κ3) is 1.45. The number of hydrogen-bond acceptors (Lipinski definition) is 0. The van der Waals surface area contributed by atoms with Crippen LogP contribution in [0, 0.1) is 5.82 Å². The molecule has 0 unspecified atom stereocenters. The lowest BCUT2D eigenvalue weighted by Crippen LogP contribution is -2.02. The van der Waals surface area contributed by atoms with Crippen LogP contribution in [-0.4, -0.2) is 7.85 Å². The molecular formula is C6H5BClF. The predicted molar refractivity (Wildman–Crippen MR) is 39.6 cm³/mol. The molecule has 0 fully saturated rings. The van der Waals surface area contributed by atoms with Gasteiger partial charge in [0.1, 0.15) is 13.7 Å². The van der Waals surface area contributed by atoms with Crippen molar-refractivity contribution >= 4 is 24.9 Å². The predicted octanol–water partition coefficient (Wildman–Crippen LogP) is 0.738. The zero-order valence-corrected chi connectivity index (χ0v) is 5.74. The van der Waals surface area contributed by atoms with Gasteiger partial charge < -0.3 is 0 Å². The van der Waals surface area contributed by atoms with Crippen molar-refractivity contribution in [3.05, 3.63) is 29.0 Å². The van der Waals surface area contributed by atoms with Gasteiger partial charge in [-0.15, -0.1) is 0 Å². The first-order chi connectivity index (χ1) is 4.20. The van der Waals surface area contributed by atoms with Crippen molar-refractivity contribution in [2.45, 2.75) is 0 Å². The van der Waals surface area contributed by atoms with Crippen LogP contribution in [0.15, 0.2) is 18.2 Å². The standard InChI is InChI=1S/C6H5BClF/c7-5-2-1-4(9)3-6(5)8/h1-3H,7H2. The molecule has 0 nitrogen and oxygen atoms in total. The molecule has 1 aromatic carbocycles. The number of rotatable bonds is 0. The summed E-state index contributed by atoms with van der Waals surface area (Å²) in [5, 5.41) is 0.481. The van der Waals surface area contributed by atoms with Crippen molar-refractivity contribution < 1.29 is 4.39 Å². The molecule has 3 heteroatoms. The van der Waals surface area contributed by atoms with Crippen LogP contribution in [0.1, 0.15) is 0 Å². The summed E-state index contributed by atoms with van der Waals surface area (Å²) in [4.78, 5) is 0. The molecule has 0 aliphatic heterocycles. The molecule has 0 bridgehead atoms. The van der Waals surface area contributed by atoms with Crippen LogP contribution in [-0.2, 0) is 0 Å². The van der Waals surface area contributed by atoms with Crippen molar-refractivity contribution in [3.63, 3.8) is 0 Å². The summed E-state index contributed by atoms with van der Waals surface area (Å²) in [6.45, 7) is 0. The Labute approximate surface area is 59.1 Å². The molecule has 1 rings (SSSR count). The van der Waals surface area contributed by atoms with Gasteiger partial charge in [-0.05, 0) is 12.1 Å². The first kappa shape index (κ1) is 6.62. The SMILES string of the molecule is Bc1ccc(F)cc1Cl. The molecule has 0 heterocycles. The van der Waals surface area contributed by atoms with E-state index in [0.29, 0.717) is 5.02 Å². The summed E-state index contributed by atoms with van der Waals surface area (Å²) in [6.07, 6.45) is 0. The average molecular weight is 142 g/mol. The van der Waals surface area contributed by atoms with Gasteiger partial charge in [0, 0.05) is 5.02 Å². The van der Waals surface area contributed by atoms with E-state index in [1.54, 1.807) is 6.07 Å². The normalized spacial score (nSPS) is 9.56. The van der Waals surface area contributed by atoms with Crippen LogP contribution in [0.2, 0.25) is 5.02 Å². The second kappa shape index (κ2) is 2.40. The summed E-state index contributed by atoms with van der Waals surface area (Å²) in [5.41, 5.74) is 0.901. The monoisotopic (exact) mass is 142 g/mol. The van der Waals surface area contributed by atoms with E-state index in [2.05, 4.69) is 0 Å². The third-order valence-electron chi connectivity index (χ3n) is 1.13. The number of benzene rings is 1. The Kier molecular flexibility index (Phi) is 1.77. The number of halogens is 2. The van der Waals surface area contributed by atoms with E-state index in [-0.39, 0.29) is 5.82 Å². The van der Waals surface area contributed by atoms with Gasteiger partial charge in [-0.2, -0.15) is 0 Å². The van der Waals surface area contributed by atoms with E-state index in [1.807, 2.05) is 7.85 Å². The van der Waals surface area contributed by atoms with Crippen LogP contribution in [0.4, 0.5) is 4.39 Å². The number of hydrogen-bond donors (Lipinski definition) is 0. The molecule has 0 atom stereocenters. The molecule has 0 saturated heterocycles.